The van der Waals surface area contributed by atoms with E-state index in [-0.39, 0.29) is 13.0 Å². The van der Waals surface area contributed by atoms with Crippen LogP contribution in [0.1, 0.15) is 25.7 Å². The third kappa shape index (κ3) is 3.10. The van der Waals surface area contributed by atoms with Crippen LogP contribution in [-0.4, -0.2) is 41.9 Å². The van der Waals surface area contributed by atoms with Crippen molar-refractivity contribution < 1.29 is 18.3 Å². The highest BCUT2D eigenvalue weighted by Crippen LogP contribution is 2.35. The molecule has 1 aliphatic carbocycles. The van der Waals surface area contributed by atoms with Crippen molar-refractivity contribution in [1.29, 1.82) is 0 Å². The molecule has 2 atom stereocenters. The fourth-order valence-electron chi connectivity index (χ4n) is 2.38. The quantitative estimate of drug-likeness (QED) is 0.812. The summed E-state index contributed by atoms with van der Waals surface area (Å²) in [6, 6.07) is 0. The molecule has 0 aromatic rings. The van der Waals surface area contributed by atoms with Gasteiger partial charge in [0, 0.05) is 13.1 Å². The monoisotopic (exact) mass is 237 g/mol. The highest BCUT2D eigenvalue weighted by Gasteiger charge is 2.42. The van der Waals surface area contributed by atoms with Gasteiger partial charge in [0.05, 0.1) is 12.0 Å². The number of β-amino-alcohol motifs (C(OH)–C–C–N with tert-alkyl or cyclic N) is 1. The highest BCUT2D eigenvalue weighted by molar-refractivity contribution is 4.85. The van der Waals surface area contributed by atoms with Gasteiger partial charge in [-0.3, -0.25) is 0 Å². The minimum Gasteiger partial charge on any atom is -0.392 e. The van der Waals surface area contributed by atoms with Crippen molar-refractivity contribution in [2.24, 2.45) is 11.8 Å². The zero-order valence-corrected chi connectivity index (χ0v) is 9.21. The first-order valence-corrected chi connectivity index (χ1v) is 5.94. The summed E-state index contributed by atoms with van der Waals surface area (Å²) in [5.41, 5.74) is 0. The first-order chi connectivity index (χ1) is 7.47. The maximum atomic E-state index is 12.5. The number of rotatable bonds is 3. The number of nitrogens with zero attached hydrogens (tertiary/aromatic N) is 1. The van der Waals surface area contributed by atoms with E-state index in [1.807, 2.05) is 0 Å². The molecule has 0 amide bonds. The summed E-state index contributed by atoms with van der Waals surface area (Å²) in [6.45, 7) is 1.17. The lowest BCUT2D eigenvalue weighted by atomic mass is 9.97. The normalized spacial score (nSPS) is 30.4. The molecule has 1 N–H and O–H groups in total. The van der Waals surface area contributed by atoms with Crippen LogP contribution < -0.4 is 0 Å². The molecule has 2 rings (SSSR count). The van der Waals surface area contributed by atoms with Crippen molar-refractivity contribution in [2.45, 2.75) is 38.0 Å². The largest absolute Gasteiger partial charge is 0.393 e. The molecule has 1 aliphatic heterocycles. The third-order valence-electron chi connectivity index (χ3n) is 3.58. The van der Waals surface area contributed by atoms with Gasteiger partial charge in [-0.2, -0.15) is 13.2 Å². The van der Waals surface area contributed by atoms with Gasteiger partial charge < -0.3 is 10.0 Å². The second kappa shape index (κ2) is 4.53. The van der Waals surface area contributed by atoms with E-state index in [9.17, 15) is 18.3 Å². The van der Waals surface area contributed by atoms with Crippen LogP contribution in [0.5, 0.6) is 0 Å². The van der Waals surface area contributed by atoms with Crippen molar-refractivity contribution in [3.63, 3.8) is 0 Å². The van der Waals surface area contributed by atoms with E-state index in [4.69, 9.17) is 0 Å². The topological polar surface area (TPSA) is 23.5 Å². The number of halogens is 3. The summed E-state index contributed by atoms with van der Waals surface area (Å²) in [7, 11) is 0. The number of alkyl halides is 3. The Bertz CT molecular complexity index is 240. The molecular formula is C11H18F3NO. The van der Waals surface area contributed by atoms with Crippen LogP contribution in [0.15, 0.2) is 0 Å². The summed E-state index contributed by atoms with van der Waals surface area (Å²) in [4.78, 5) is 1.77. The second-order valence-corrected chi connectivity index (χ2v) is 5.05. The average molecular weight is 237 g/mol. The maximum absolute atomic E-state index is 12.5. The predicted molar refractivity (Wildman–Crippen MR) is 53.9 cm³/mol. The lowest BCUT2D eigenvalue weighted by Crippen LogP contribution is -2.44. The maximum Gasteiger partial charge on any atom is 0.393 e. The van der Waals surface area contributed by atoms with Crippen molar-refractivity contribution in [3.8, 4) is 0 Å². The molecule has 1 heterocycles. The number of piperidine rings is 1. The van der Waals surface area contributed by atoms with E-state index >= 15 is 0 Å². The first-order valence-electron chi connectivity index (χ1n) is 5.94. The fraction of sp³-hybridized carbons (Fsp3) is 1.00. The van der Waals surface area contributed by atoms with Crippen molar-refractivity contribution in [1.82, 2.24) is 4.90 Å². The Labute approximate surface area is 93.4 Å². The van der Waals surface area contributed by atoms with E-state index < -0.39 is 18.2 Å². The molecule has 2 nitrogen and oxygen atoms in total. The minimum atomic E-state index is -4.08. The van der Waals surface area contributed by atoms with E-state index in [0.717, 1.165) is 12.8 Å². The van der Waals surface area contributed by atoms with Crippen molar-refractivity contribution in [2.75, 3.05) is 19.6 Å². The van der Waals surface area contributed by atoms with Gasteiger partial charge in [0.1, 0.15) is 0 Å². The molecule has 0 radical (unpaired) electrons. The molecule has 5 heteroatoms. The lowest BCUT2D eigenvalue weighted by Gasteiger charge is -2.34. The number of aliphatic hydroxyl groups excluding tert-OH is 1. The molecule has 94 valence electrons. The molecule has 1 saturated heterocycles. The smallest absolute Gasteiger partial charge is 0.392 e. The first kappa shape index (κ1) is 12.2. The zero-order chi connectivity index (χ0) is 11.8. The summed E-state index contributed by atoms with van der Waals surface area (Å²) < 4.78 is 37.6. The Kier molecular flexibility index (Phi) is 3.45. The van der Waals surface area contributed by atoms with E-state index in [1.165, 1.54) is 0 Å². The summed E-state index contributed by atoms with van der Waals surface area (Å²) >= 11 is 0. The van der Waals surface area contributed by atoms with Gasteiger partial charge in [0.15, 0.2) is 0 Å². The van der Waals surface area contributed by atoms with Gasteiger partial charge in [-0.25, -0.2) is 0 Å². The minimum absolute atomic E-state index is 0.0628. The van der Waals surface area contributed by atoms with Crippen molar-refractivity contribution >= 4 is 0 Å². The molecule has 0 spiro atoms. The Morgan fingerprint density at radius 3 is 2.50 bits per heavy atom. The lowest BCUT2D eigenvalue weighted by molar-refractivity contribution is -0.187. The summed E-state index contributed by atoms with van der Waals surface area (Å²) in [6.07, 6.45) is -1.63. The molecule has 0 bridgehead atoms. The van der Waals surface area contributed by atoms with Crippen LogP contribution >= 0.6 is 0 Å². The van der Waals surface area contributed by atoms with Crippen molar-refractivity contribution in [3.05, 3.63) is 0 Å². The van der Waals surface area contributed by atoms with Gasteiger partial charge in [-0.15, -0.1) is 0 Å². The molecule has 0 aromatic carbocycles. The van der Waals surface area contributed by atoms with Gasteiger partial charge in [-0.05, 0) is 38.1 Å². The number of hydrogen-bond donors (Lipinski definition) is 1. The van der Waals surface area contributed by atoms with E-state index in [0.29, 0.717) is 25.4 Å². The SMILES string of the molecule is OC(CN1CCCC(C(F)(F)F)C1)C1CC1. The number of likely N-dealkylation sites (tertiary alicyclic amines) is 1. The van der Waals surface area contributed by atoms with Gasteiger partial charge in [-0.1, -0.05) is 0 Å². The summed E-state index contributed by atoms with van der Waals surface area (Å²) in [5, 5.41) is 9.71. The van der Waals surface area contributed by atoms with Gasteiger partial charge in [0.25, 0.3) is 0 Å². The Morgan fingerprint density at radius 1 is 1.25 bits per heavy atom. The molecule has 2 aliphatic rings. The molecule has 2 fully saturated rings. The van der Waals surface area contributed by atoms with Crippen LogP contribution in [0.4, 0.5) is 13.2 Å². The average Bonchev–Trinajstić information content (AvgIpc) is 2.99. The predicted octanol–water partition coefficient (Wildman–Crippen LogP) is 2.03. The van der Waals surface area contributed by atoms with Crippen LogP contribution in [-0.2, 0) is 0 Å². The van der Waals surface area contributed by atoms with Gasteiger partial charge in [0.2, 0.25) is 0 Å². The van der Waals surface area contributed by atoms with Crippen LogP contribution in [0.25, 0.3) is 0 Å². The van der Waals surface area contributed by atoms with E-state index in [2.05, 4.69) is 0 Å². The molecule has 0 aromatic heterocycles. The molecule has 16 heavy (non-hydrogen) atoms. The number of hydrogen-bond acceptors (Lipinski definition) is 2. The summed E-state index contributed by atoms with van der Waals surface area (Å²) in [5.74, 6) is -0.862. The van der Waals surface area contributed by atoms with Crippen LogP contribution in [0.3, 0.4) is 0 Å². The second-order valence-electron chi connectivity index (χ2n) is 5.05. The Hall–Kier alpha value is -0.290. The fourth-order valence-corrected chi connectivity index (χ4v) is 2.38. The number of aliphatic hydroxyl groups is 1. The Balaban J connectivity index is 1.81. The molecular weight excluding hydrogens is 219 g/mol. The zero-order valence-electron chi connectivity index (χ0n) is 9.21. The van der Waals surface area contributed by atoms with E-state index in [1.54, 1.807) is 4.90 Å². The van der Waals surface area contributed by atoms with Crippen LogP contribution in [0, 0.1) is 11.8 Å². The standard InChI is InChI=1S/C11H18F3NO/c12-11(13,14)9-2-1-5-15(6-9)7-10(16)8-3-4-8/h8-10,16H,1-7H2. The van der Waals surface area contributed by atoms with Crippen LogP contribution in [0.2, 0.25) is 0 Å². The molecule has 2 unspecified atom stereocenters. The molecule has 1 saturated carbocycles. The van der Waals surface area contributed by atoms with Gasteiger partial charge >= 0.3 is 6.18 Å². The highest BCUT2D eigenvalue weighted by atomic mass is 19.4. The Morgan fingerprint density at radius 2 is 1.94 bits per heavy atom. The third-order valence-corrected chi connectivity index (χ3v) is 3.58.